The number of nitrogens with one attached hydrogen (secondary N) is 1. The summed E-state index contributed by atoms with van der Waals surface area (Å²) in [6, 6.07) is 11.2. The molecular formula is C27H26BrN3O4. The Bertz CT molecular complexity index is 1380. The van der Waals surface area contributed by atoms with Gasteiger partial charge in [0.05, 0.1) is 6.61 Å². The molecular weight excluding hydrogens is 510 g/mol. The fraction of sp³-hybridized carbons (Fsp3) is 0.296. The highest BCUT2D eigenvalue weighted by Gasteiger charge is 2.62. The van der Waals surface area contributed by atoms with E-state index in [0.717, 1.165) is 21.3 Å². The number of anilines is 2. The van der Waals surface area contributed by atoms with Crippen molar-refractivity contribution in [3.8, 4) is 0 Å². The highest BCUT2D eigenvalue weighted by molar-refractivity contribution is 9.10. The first-order chi connectivity index (χ1) is 16.7. The lowest BCUT2D eigenvalue weighted by atomic mass is 9.63. The maximum Gasteiger partial charge on any atom is 0.339 e. The van der Waals surface area contributed by atoms with Crippen LogP contribution >= 0.6 is 15.9 Å². The van der Waals surface area contributed by atoms with E-state index in [1.165, 1.54) is 0 Å². The van der Waals surface area contributed by atoms with Crippen molar-refractivity contribution < 1.29 is 19.1 Å². The van der Waals surface area contributed by atoms with Gasteiger partial charge in [-0.15, -0.1) is 0 Å². The number of amides is 1. The second-order valence-corrected chi connectivity index (χ2v) is 9.99. The van der Waals surface area contributed by atoms with Gasteiger partial charge in [0.15, 0.2) is 5.78 Å². The zero-order valence-electron chi connectivity index (χ0n) is 19.8. The summed E-state index contributed by atoms with van der Waals surface area (Å²) in [7, 11) is 0. The third-order valence-corrected chi connectivity index (χ3v) is 7.60. The predicted octanol–water partition coefficient (Wildman–Crippen LogP) is 4.52. The number of rotatable bonds is 3. The normalized spacial score (nSPS) is 21.3. The van der Waals surface area contributed by atoms with E-state index in [-0.39, 0.29) is 30.2 Å². The molecule has 1 amide bonds. The average Bonchev–Trinajstić information content (AvgIpc) is 3.08. The van der Waals surface area contributed by atoms with E-state index in [4.69, 9.17) is 10.5 Å². The molecule has 5 rings (SSSR count). The fourth-order valence-corrected chi connectivity index (χ4v) is 5.80. The summed E-state index contributed by atoms with van der Waals surface area (Å²) in [5, 5.41) is 2.90. The Labute approximate surface area is 212 Å². The van der Waals surface area contributed by atoms with Gasteiger partial charge in [0.1, 0.15) is 16.8 Å². The number of carbonyl (C=O) groups excluding carboxylic acids is 3. The summed E-state index contributed by atoms with van der Waals surface area (Å²) in [6.07, 6.45) is 1.46. The van der Waals surface area contributed by atoms with Crippen LogP contribution in [0.25, 0.3) is 0 Å². The van der Waals surface area contributed by atoms with Crippen molar-refractivity contribution in [2.75, 3.05) is 16.8 Å². The van der Waals surface area contributed by atoms with Crippen LogP contribution in [0.2, 0.25) is 0 Å². The number of aryl methyl sites for hydroxylation is 2. The third-order valence-electron chi connectivity index (χ3n) is 7.10. The molecule has 0 saturated carbocycles. The Balaban J connectivity index is 1.90. The number of benzene rings is 2. The molecule has 0 fully saturated rings. The Morgan fingerprint density at radius 2 is 1.91 bits per heavy atom. The standard InChI is InChI=1S/C27H26BrN3O4/c1-4-35-25(33)23-24(29)31(17-10-8-14(2)15(3)12-17)20-6-5-7-21(32)22(20)27(23)18-13-16(28)9-11-19(18)30-26(27)34/h8-13H,4-7,29H2,1-3H3,(H,30,34). The van der Waals surface area contributed by atoms with Crippen molar-refractivity contribution in [1.82, 2.24) is 0 Å². The predicted molar refractivity (Wildman–Crippen MR) is 137 cm³/mol. The number of hydrogen-bond donors (Lipinski definition) is 2. The average molecular weight is 536 g/mol. The molecule has 7 nitrogen and oxygen atoms in total. The van der Waals surface area contributed by atoms with Crippen LogP contribution in [0.5, 0.6) is 0 Å². The van der Waals surface area contributed by atoms with Gasteiger partial charge in [-0.1, -0.05) is 22.0 Å². The van der Waals surface area contributed by atoms with Crippen molar-refractivity contribution in [3.05, 3.63) is 80.2 Å². The number of ether oxygens (including phenoxy) is 1. The lowest BCUT2D eigenvalue weighted by molar-refractivity contribution is -0.140. The van der Waals surface area contributed by atoms with Crippen LogP contribution in [-0.2, 0) is 24.5 Å². The number of fused-ring (bicyclic) bond motifs is 3. The van der Waals surface area contributed by atoms with Gasteiger partial charge in [0, 0.05) is 39.1 Å². The molecule has 3 aliphatic rings. The maximum absolute atomic E-state index is 13.9. The van der Waals surface area contributed by atoms with Gasteiger partial charge in [-0.05, 0) is 75.1 Å². The molecule has 1 atom stereocenters. The monoisotopic (exact) mass is 535 g/mol. The number of hydrogen-bond acceptors (Lipinski definition) is 6. The van der Waals surface area contributed by atoms with Gasteiger partial charge < -0.3 is 15.8 Å². The summed E-state index contributed by atoms with van der Waals surface area (Å²) >= 11 is 3.49. The summed E-state index contributed by atoms with van der Waals surface area (Å²) in [6.45, 7) is 5.80. The van der Waals surface area contributed by atoms with Gasteiger partial charge in [-0.25, -0.2) is 4.79 Å². The van der Waals surface area contributed by atoms with Crippen molar-refractivity contribution in [1.29, 1.82) is 0 Å². The molecule has 2 heterocycles. The van der Waals surface area contributed by atoms with Crippen molar-refractivity contribution in [3.63, 3.8) is 0 Å². The SMILES string of the molecule is CCOC(=O)C1=C(N)N(c2ccc(C)c(C)c2)C2=C(C(=O)CCC2)C12C(=O)Nc1ccc(Br)cc12. The Kier molecular flexibility index (Phi) is 5.59. The number of esters is 1. The number of ketones is 1. The molecule has 2 aromatic rings. The van der Waals surface area contributed by atoms with Crippen molar-refractivity contribution >= 4 is 45.0 Å². The fourth-order valence-electron chi connectivity index (χ4n) is 5.44. The van der Waals surface area contributed by atoms with Crippen LogP contribution in [0.1, 0.15) is 42.9 Å². The molecule has 0 bridgehead atoms. The molecule has 0 aromatic heterocycles. The molecule has 2 aromatic carbocycles. The van der Waals surface area contributed by atoms with Crippen LogP contribution in [0.3, 0.4) is 0 Å². The van der Waals surface area contributed by atoms with E-state index >= 15 is 0 Å². The van der Waals surface area contributed by atoms with E-state index in [9.17, 15) is 14.4 Å². The van der Waals surface area contributed by atoms with Gasteiger partial charge in [-0.3, -0.25) is 14.5 Å². The second kappa shape index (κ2) is 8.37. The second-order valence-electron chi connectivity index (χ2n) is 9.08. The van der Waals surface area contributed by atoms with Gasteiger partial charge >= 0.3 is 5.97 Å². The highest BCUT2D eigenvalue weighted by Crippen LogP contribution is 2.56. The number of halogens is 1. The summed E-state index contributed by atoms with van der Waals surface area (Å²) < 4.78 is 6.16. The van der Waals surface area contributed by atoms with Crippen LogP contribution in [0.4, 0.5) is 11.4 Å². The summed E-state index contributed by atoms with van der Waals surface area (Å²) in [5.74, 6) is -1.26. The molecule has 0 radical (unpaired) electrons. The minimum Gasteiger partial charge on any atom is -0.462 e. The van der Waals surface area contributed by atoms with Crippen LogP contribution in [0.15, 0.2) is 63.5 Å². The number of allylic oxidation sites excluding steroid dienone is 1. The molecule has 2 aliphatic heterocycles. The smallest absolute Gasteiger partial charge is 0.339 e. The van der Waals surface area contributed by atoms with E-state index in [0.29, 0.717) is 35.4 Å². The van der Waals surface area contributed by atoms with Crippen molar-refractivity contribution in [2.45, 2.75) is 45.4 Å². The van der Waals surface area contributed by atoms with Crippen molar-refractivity contribution in [2.24, 2.45) is 5.73 Å². The number of nitrogens with two attached hydrogens (primary N) is 1. The topological polar surface area (TPSA) is 102 Å². The van der Waals surface area contributed by atoms with E-state index in [1.54, 1.807) is 30.0 Å². The van der Waals surface area contributed by atoms with Gasteiger partial charge in [0.2, 0.25) is 5.91 Å². The molecule has 1 aliphatic carbocycles. The molecule has 3 N–H and O–H groups in total. The van der Waals surface area contributed by atoms with E-state index in [2.05, 4.69) is 21.2 Å². The Morgan fingerprint density at radius 3 is 2.63 bits per heavy atom. The first-order valence-electron chi connectivity index (χ1n) is 11.6. The van der Waals surface area contributed by atoms with Gasteiger partial charge in [0.25, 0.3) is 0 Å². The first kappa shape index (κ1) is 23.4. The number of nitrogens with zero attached hydrogens (tertiary/aromatic N) is 1. The molecule has 1 spiro atoms. The Morgan fingerprint density at radius 1 is 1.14 bits per heavy atom. The van der Waals surface area contributed by atoms with E-state index < -0.39 is 17.3 Å². The number of carbonyl (C=O) groups is 3. The molecule has 180 valence electrons. The molecule has 1 unspecified atom stereocenters. The van der Waals surface area contributed by atoms with Gasteiger partial charge in [-0.2, -0.15) is 0 Å². The molecule has 8 heteroatoms. The summed E-state index contributed by atoms with van der Waals surface area (Å²) in [4.78, 5) is 42.9. The largest absolute Gasteiger partial charge is 0.462 e. The van der Waals surface area contributed by atoms with Crippen LogP contribution in [-0.4, -0.2) is 24.3 Å². The zero-order valence-corrected chi connectivity index (χ0v) is 21.4. The lowest BCUT2D eigenvalue weighted by Gasteiger charge is -2.44. The highest BCUT2D eigenvalue weighted by atomic mass is 79.9. The Hall–Kier alpha value is -3.39. The molecule has 0 saturated heterocycles. The minimum absolute atomic E-state index is 0.0269. The zero-order chi connectivity index (χ0) is 25.1. The minimum atomic E-state index is -1.68. The molecule has 35 heavy (non-hydrogen) atoms. The quantitative estimate of drug-likeness (QED) is 0.560. The van der Waals surface area contributed by atoms with E-state index in [1.807, 2.05) is 32.0 Å². The van der Waals surface area contributed by atoms with Crippen LogP contribution < -0.4 is 16.0 Å². The maximum atomic E-state index is 13.9. The first-order valence-corrected chi connectivity index (χ1v) is 12.4. The number of Topliss-reactive ketones (excluding diaryl/α,β-unsaturated/α-hetero) is 1. The van der Waals surface area contributed by atoms with Crippen LogP contribution in [0, 0.1) is 13.8 Å². The summed E-state index contributed by atoms with van der Waals surface area (Å²) in [5.41, 5.74) is 10.00. The lowest BCUT2D eigenvalue weighted by Crippen LogP contribution is -2.53. The third kappa shape index (κ3) is 3.26.